The molecule has 29 heavy (non-hydrogen) atoms. The van der Waals surface area contributed by atoms with Gasteiger partial charge in [-0.1, -0.05) is 61.9 Å². The third kappa shape index (κ3) is 7.24. The number of hydrogen-bond acceptors (Lipinski definition) is 3. The number of amides is 2. The minimum atomic E-state index is -0.478. The average Bonchev–Trinajstić information content (AvgIpc) is 2.73. The Hall–Kier alpha value is -2.27. The van der Waals surface area contributed by atoms with Crippen molar-refractivity contribution < 1.29 is 9.59 Å². The van der Waals surface area contributed by atoms with E-state index in [1.165, 1.54) is 17.3 Å². The van der Waals surface area contributed by atoms with Gasteiger partial charge in [0.1, 0.15) is 6.04 Å². The number of thioether (sulfide) groups is 1. The molecule has 0 saturated carbocycles. The molecule has 1 N–H and O–H groups in total. The summed E-state index contributed by atoms with van der Waals surface area (Å²) in [7, 11) is 0. The second-order valence-electron chi connectivity index (χ2n) is 7.35. The van der Waals surface area contributed by atoms with E-state index in [9.17, 15) is 9.59 Å². The molecule has 0 aliphatic rings. The van der Waals surface area contributed by atoms with Crippen LogP contribution in [0.25, 0.3) is 0 Å². The van der Waals surface area contributed by atoms with E-state index in [2.05, 4.69) is 5.32 Å². The fourth-order valence-corrected chi connectivity index (χ4v) is 3.80. The van der Waals surface area contributed by atoms with Gasteiger partial charge >= 0.3 is 0 Å². The van der Waals surface area contributed by atoms with Gasteiger partial charge in [0.2, 0.25) is 11.8 Å². The van der Waals surface area contributed by atoms with Crippen LogP contribution in [0.2, 0.25) is 0 Å². The van der Waals surface area contributed by atoms with Gasteiger partial charge in [-0.15, -0.1) is 11.8 Å². The average molecular weight is 413 g/mol. The zero-order valence-electron chi connectivity index (χ0n) is 17.9. The standard InChI is InChI=1S/C24H32N2O2S/c1-5-19(4)25-24(28)22(6-2)26(16-20-14-12-18(3)13-15-20)23(27)17-29-21-10-8-7-9-11-21/h7-15,19,22H,5-6,16-17H2,1-4H3,(H,25,28)/t19-,22-/m0/s1. The van der Waals surface area contributed by atoms with E-state index in [1.807, 2.05) is 82.3 Å². The molecular formula is C24H32N2O2S. The molecule has 2 aromatic carbocycles. The first-order valence-corrected chi connectivity index (χ1v) is 11.3. The molecular weight excluding hydrogens is 380 g/mol. The fourth-order valence-electron chi connectivity index (χ4n) is 3.00. The van der Waals surface area contributed by atoms with Gasteiger partial charge in [0.05, 0.1) is 5.75 Å². The second-order valence-corrected chi connectivity index (χ2v) is 8.40. The van der Waals surface area contributed by atoms with Crippen LogP contribution < -0.4 is 5.32 Å². The van der Waals surface area contributed by atoms with Gasteiger partial charge in [0.15, 0.2) is 0 Å². The van der Waals surface area contributed by atoms with Crippen molar-refractivity contribution in [3.63, 3.8) is 0 Å². The molecule has 0 spiro atoms. The van der Waals surface area contributed by atoms with E-state index in [1.54, 1.807) is 4.90 Å². The summed E-state index contributed by atoms with van der Waals surface area (Å²) in [6, 6.07) is 17.6. The van der Waals surface area contributed by atoms with Gasteiger partial charge in [0, 0.05) is 17.5 Å². The lowest BCUT2D eigenvalue weighted by Crippen LogP contribution is -2.51. The molecule has 2 rings (SSSR count). The van der Waals surface area contributed by atoms with Crippen LogP contribution in [0.4, 0.5) is 0 Å². The van der Waals surface area contributed by atoms with E-state index >= 15 is 0 Å². The van der Waals surface area contributed by atoms with Crippen molar-refractivity contribution in [2.45, 2.75) is 64.1 Å². The van der Waals surface area contributed by atoms with Crippen molar-refractivity contribution in [1.29, 1.82) is 0 Å². The molecule has 0 saturated heterocycles. The minimum absolute atomic E-state index is 0.0226. The molecule has 2 amide bonds. The number of rotatable bonds is 10. The monoisotopic (exact) mass is 412 g/mol. The molecule has 0 radical (unpaired) electrons. The third-order valence-electron chi connectivity index (χ3n) is 4.97. The molecule has 2 aromatic rings. The van der Waals surface area contributed by atoms with Gasteiger partial charge in [-0.05, 0) is 44.4 Å². The van der Waals surface area contributed by atoms with Crippen LogP contribution in [0.5, 0.6) is 0 Å². The number of aryl methyl sites for hydroxylation is 1. The Morgan fingerprint density at radius 3 is 2.24 bits per heavy atom. The Morgan fingerprint density at radius 1 is 1.00 bits per heavy atom. The molecule has 0 unspecified atom stereocenters. The summed E-state index contributed by atoms with van der Waals surface area (Å²) in [5, 5.41) is 3.04. The van der Waals surface area contributed by atoms with Gasteiger partial charge in [-0.3, -0.25) is 9.59 Å². The number of nitrogens with zero attached hydrogens (tertiary/aromatic N) is 1. The smallest absolute Gasteiger partial charge is 0.243 e. The SMILES string of the molecule is CC[C@H](C)NC(=O)[C@H](CC)N(Cc1ccc(C)cc1)C(=O)CSc1ccccc1. The fraction of sp³-hybridized carbons (Fsp3) is 0.417. The molecule has 0 bridgehead atoms. The van der Waals surface area contributed by atoms with Gasteiger partial charge in [0.25, 0.3) is 0 Å². The first kappa shape index (κ1) is 23.0. The van der Waals surface area contributed by atoms with Crippen LogP contribution in [-0.4, -0.2) is 34.6 Å². The van der Waals surface area contributed by atoms with Gasteiger partial charge < -0.3 is 10.2 Å². The predicted molar refractivity (Wildman–Crippen MR) is 121 cm³/mol. The first-order chi connectivity index (χ1) is 13.9. The highest BCUT2D eigenvalue weighted by Crippen LogP contribution is 2.20. The Kier molecular flexibility index (Phi) is 9.26. The van der Waals surface area contributed by atoms with E-state index in [4.69, 9.17) is 0 Å². The molecule has 0 aliphatic carbocycles. The molecule has 156 valence electrons. The molecule has 0 heterocycles. The van der Waals surface area contributed by atoms with Crippen molar-refractivity contribution in [3.8, 4) is 0 Å². The van der Waals surface area contributed by atoms with E-state index in [-0.39, 0.29) is 17.9 Å². The van der Waals surface area contributed by atoms with Crippen LogP contribution in [0.15, 0.2) is 59.5 Å². The maximum absolute atomic E-state index is 13.2. The van der Waals surface area contributed by atoms with Crippen LogP contribution in [-0.2, 0) is 16.1 Å². The zero-order chi connectivity index (χ0) is 21.2. The number of carbonyl (C=O) groups excluding carboxylic acids is 2. The van der Waals surface area contributed by atoms with Crippen molar-refractivity contribution in [2.24, 2.45) is 0 Å². The molecule has 2 atom stereocenters. The normalized spacial score (nSPS) is 12.8. The Balaban J connectivity index is 2.19. The van der Waals surface area contributed by atoms with E-state index in [0.717, 1.165) is 16.9 Å². The van der Waals surface area contributed by atoms with Crippen molar-refractivity contribution in [1.82, 2.24) is 10.2 Å². The summed E-state index contributed by atoms with van der Waals surface area (Å²) in [6.45, 7) is 8.46. The lowest BCUT2D eigenvalue weighted by atomic mass is 10.1. The number of hydrogen-bond donors (Lipinski definition) is 1. The van der Waals surface area contributed by atoms with Crippen molar-refractivity contribution in [3.05, 3.63) is 65.7 Å². The van der Waals surface area contributed by atoms with Crippen LogP contribution >= 0.6 is 11.8 Å². The summed E-state index contributed by atoms with van der Waals surface area (Å²) in [5.41, 5.74) is 2.20. The summed E-state index contributed by atoms with van der Waals surface area (Å²) in [5.74, 6) is 0.209. The van der Waals surface area contributed by atoms with Crippen LogP contribution in [0, 0.1) is 6.92 Å². The summed E-state index contributed by atoms with van der Waals surface area (Å²) in [6.07, 6.45) is 1.44. The second kappa shape index (κ2) is 11.7. The minimum Gasteiger partial charge on any atom is -0.352 e. The lowest BCUT2D eigenvalue weighted by Gasteiger charge is -2.31. The van der Waals surface area contributed by atoms with Gasteiger partial charge in [-0.25, -0.2) is 0 Å². The third-order valence-corrected chi connectivity index (χ3v) is 5.96. The van der Waals surface area contributed by atoms with Crippen LogP contribution in [0.3, 0.4) is 0 Å². The Labute approximate surface area is 179 Å². The van der Waals surface area contributed by atoms with E-state index < -0.39 is 6.04 Å². The molecule has 4 nitrogen and oxygen atoms in total. The van der Waals surface area contributed by atoms with E-state index in [0.29, 0.717) is 18.7 Å². The number of benzene rings is 2. The predicted octanol–water partition coefficient (Wildman–Crippen LogP) is 4.81. The maximum atomic E-state index is 13.2. The molecule has 0 aromatic heterocycles. The number of carbonyl (C=O) groups is 2. The Bertz CT molecular complexity index is 777. The maximum Gasteiger partial charge on any atom is 0.243 e. The van der Waals surface area contributed by atoms with Gasteiger partial charge in [-0.2, -0.15) is 0 Å². The number of nitrogens with one attached hydrogen (secondary N) is 1. The highest BCUT2D eigenvalue weighted by molar-refractivity contribution is 8.00. The summed E-state index contributed by atoms with van der Waals surface area (Å²) in [4.78, 5) is 28.9. The molecule has 0 aliphatic heterocycles. The van der Waals surface area contributed by atoms with Crippen LogP contribution in [0.1, 0.15) is 44.7 Å². The van der Waals surface area contributed by atoms with Crippen molar-refractivity contribution in [2.75, 3.05) is 5.75 Å². The largest absolute Gasteiger partial charge is 0.352 e. The quantitative estimate of drug-likeness (QED) is 0.570. The highest BCUT2D eigenvalue weighted by atomic mass is 32.2. The first-order valence-electron chi connectivity index (χ1n) is 10.3. The Morgan fingerprint density at radius 2 is 1.66 bits per heavy atom. The summed E-state index contributed by atoms with van der Waals surface area (Å²) < 4.78 is 0. The lowest BCUT2D eigenvalue weighted by molar-refractivity contribution is -0.139. The zero-order valence-corrected chi connectivity index (χ0v) is 18.7. The summed E-state index contributed by atoms with van der Waals surface area (Å²) >= 11 is 1.50. The topological polar surface area (TPSA) is 49.4 Å². The van der Waals surface area contributed by atoms with Crippen molar-refractivity contribution >= 4 is 23.6 Å². The molecule has 5 heteroatoms. The molecule has 0 fully saturated rings. The highest BCUT2D eigenvalue weighted by Gasteiger charge is 2.29.